The van der Waals surface area contributed by atoms with Gasteiger partial charge in [-0.15, -0.1) is 0 Å². The van der Waals surface area contributed by atoms with Crippen molar-refractivity contribution in [3.63, 3.8) is 0 Å². The number of piperidine rings is 1. The number of hydrogen-bond donors (Lipinski definition) is 1. The minimum Gasteiger partial charge on any atom is -0.504 e. The second-order valence-corrected chi connectivity index (χ2v) is 5.86. The quantitative estimate of drug-likeness (QED) is 0.905. The Morgan fingerprint density at radius 3 is 2.58 bits per heavy atom. The number of aromatic hydroxyl groups is 1. The Hall–Kier alpha value is -1.22. The van der Waals surface area contributed by atoms with Crippen molar-refractivity contribution < 1.29 is 9.84 Å². The first-order valence-electron chi connectivity index (χ1n) is 7.18. The third-order valence-corrected chi connectivity index (χ3v) is 4.23. The normalized spacial score (nSPS) is 17.9. The van der Waals surface area contributed by atoms with Crippen LogP contribution in [-0.4, -0.2) is 30.2 Å². The monoisotopic (exact) mass is 263 g/mol. The number of hydrogen-bond acceptors (Lipinski definition) is 3. The highest BCUT2D eigenvalue weighted by Crippen LogP contribution is 2.29. The molecular weight excluding hydrogens is 238 g/mol. The molecule has 0 aliphatic carbocycles. The molecule has 2 rings (SSSR count). The summed E-state index contributed by atoms with van der Waals surface area (Å²) < 4.78 is 5.15. The minimum absolute atomic E-state index is 0.213. The molecule has 0 saturated carbocycles. The highest BCUT2D eigenvalue weighted by Gasteiger charge is 2.21. The maximum Gasteiger partial charge on any atom is 0.160 e. The summed E-state index contributed by atoms with van der Waals surface area (Å²) in [5.41, 5.74) is 1.21. The van der Waals surface area contributed by atoms with Gasteiger partial charge in [-0.3, -0.25) is 4.90 Å². The molecule has 1 fully saturated rings. The van der Waals surface area contributed by atoms with Crippen molar-refractivity contribution in [1.29, 1.82) is 0 Å². The summed E-state index contributed by atoms with van der Waals surface area (Å²) in [6.45, 7) is 7.94. The van der Waals surface area contributed by atoms with Gasteiger partial charge in [0, 0.05) is 6.54 Å². The molecule has 19 heavy (non-hydrogen) atoms. The van der Waals surface area contributed by atoms with Crippen LogP contribution >= 0.6 is 0 Å². The van der Waals surface area contributed by atoms with E-state index in [0.717, 1.165) is 18.4 Å². The molecule has 0 aromatic heterocycles. The maximum atomic E-state index is 9.60. The third-order valence-electron chi connectivity index (χ3n) is 4.23. The van der Waals surface area contributed by atoms with Crippen molar-refractivity contribution >= 4 is 0 Å². The zero-order valence-corrected chi connectivity index (χ0v) is 12.2. The molecule has 3 nitrogen and oxygen atoms in total. The lowest BCUT2D eigenvalue weighted by atomic mass is 9.86. The highest BCUT2D eigenvalue weighted by molar-refractivity contribution is 5.41. The summed E-state index contributed by atoms with van der Waals surface area (Å²) in [7, 11) is 1.59. The average molecular weight is 263 g/mol. The average Bonchev–Trinajstić information content (AvgIpc) is 2.41. The highest BCUT2D eigenvalue weighted by atomic mass is 16.5. The van der Waals surface area contributed by atoms with Crippen molar-refractivity contribution in [3.8, 4) is 11.5 Å². The molecule has 106 valence electrons. The molecule has 1 aromatic carbocycles. The number of phenolic OH excluding ortho intramolecular Hbond substituents is 1. The lowest BCUT2D eigenvalue weighted by Crippen LogP contribution is -2.34. The Kier molecular flexibility index (Phi) is 4.70. The summed E-state index contributed by atoms with van der Waals surface area (Å²) in [5, 5.41) is 9.60. The van der Waals surface area contributed by atoms with E-state index in [4.69, 9.17) is 4.74 Å². The molecule has 0 amide bonds. The molecule has 3 heteroatoms. The topological polar surface area (TPSA) is 32.7 Å². The van der Waals surface area contributed by atoms with Gasteiger partial charge in [0.1, 0.15) is 0 Å². The number of nitrogens with zero attached hydrogens (tertiary/aromatic N) is 1. The third kappa shape index (κ3) is 3.63. The summed E-state index contributed by atoms with van der Waals surface area (Å²) in [6, 6.07) is 5.63. The van der Waals surface area contributed by atoms with E-state index in [1.807, 2.05) is 12.1 Å². The van der Waals surface area contributed by atoms with Gasteiger partial charge in [0.2, 0.25) is 0 Å². The van der Waals surface area contributed by atoms with Crippen molar-refractivity contribution in [2.24, 2.45) is 11.8 Å². The number of phenols is 1. The van der Waals surface area contributed by atoms with Gasteiger partial charge in [0.15, 0.2) is 11.5 Å². The van der Waals surface area contributed by atoms with Gasteiger partial charge in [-0.2, -0.15) is 0 Å². The Balaban J connectivity index is 1.92. The van der Waals surface area contributed by atoms with E-state index >= 15 is 0 Å². The fourth-order valence-electron chi connectivity index (χ4n) is 2.86. The van der Waals surface area contributed by atoms with Gasteiger partial charge >= 0.3 is 0 Å². The fourth-order valence-corrected chi connectivity index (χ4v) is 2.86. The summed E-state index contributed by atoms with van der Waals surface area (Å²) >= 11 is 0. The van der Waals surface area contributed by atoms with E-state index < -0.39 is 0 Å². The van der Waals surface area contributed by atoms with Gasteiger partial charge in [-0.25, -0.2) is 0 Å². The number of rotatable bonds is 4. The molecule has 1 N–H and O–H groups in total. The predicted octanol–water partition coefficient (Wildman–Crippen LogP) is 3.27. The first-order valence-corrected chi connectivity index (χ1v) is 7.18. The Morgan fingerprint density at radius 1 is 1.32 bits per heavy atom. The first-order chi connectivity index (χ1) is 9.10. The van der Waals surface area contributed by atoms with Gasteiger partial charge in [-0.1, -0.05) is 19.9 Å². The lowest BCUT2D eigenvalue weighted by molar-refractivity contribution is 0.152. The number of benzene rings is 1. The predicted molar refractivity (Wildman–Crippen MR) is 77.5 cm³/mol. The number of methoxy groups -OCH3 is 1. The summed E-state index contributed by atoms with van der Waals surface area (Å²) in [5.74, 6) is 2.46. The van der Waals surface area contributed by atoms with Crippen LogP contribution in [0.25, 0.3) is 0 Å². The molecular formula is C16H25NO2. The molecule has 0 unspecified atom stereocenters. The zero-order chi connectivity index (χ0) is 13.8. The second-order valence-electron chi connectivity index (χ2n) is 5.86. The van der Waals surface area contributed by atoms with Gasteiger partial charge < -0.3 is 9.84 Å². The fraction of sp³-hybridized carbons (Fsp3) is 0.625. The van der Waals surface area contributed by atoms with Crippen molar-refractivity contribution in [1.82, 2.24) is 4.90 Å². The molecule has 1 heterocycles. The number of likely N-dealkylation sites (tertiary alicyclic amines) is 1. The standard InChI is InChI=1S/C16H25NO2/c1-12(2)14-6-8-17(9-7-14)11-13-4-5-15(18)16(10-13)19-3/h4-5,10,12,14,18H,6-9,11H2,1-3H3. The molecule has 0 radical (unpaired) electrons. The Morgan fingerprint density at radius 2 is 2.00 bits per heavy atom. The van der Waals surface area contributed by atoms with E-state index in [1.54, 1.807) is 13.2 Å². The molecule has 1 aromatic rings. The molecule has 0 bridgehead atoms. The summed E-state index contributed by atoms with van der Waals surface area (Å²) in [4.78, 5) is 2.49. The molecule has 0 atom stereocenters. The van der Waals surface area contributed by atoms with Gasteiger partial charge in [0.25, 0.3) is 0 Å². The van der Waals surface area contributed by atoms with E-state index in [2.05, 4.69) is 18.7 Å². The molecule has 1 saturated heterocycles. The number of ether oxygens (including phenoxy) is 1. The van der Waals surface area contributed by atoms with Crippen molar-refractivity contribution in [2.45, 2.75) is 33.2 Å². The van der Waals surface area contributed by atoms with Crippen LogP contribution < -0.4 is 4.74 Å². The van der Waals surface area contributed by atoms with E-state index in [9.17, 15) is 5.11 Å². The first kappa shape index (κ1) is 14.2. The van der Waals surface area contributed by atoms with Crippen molar-refractivity contribution in [3.05, 3.63) is 23.8 Å². The van der Waals surface area contributed by atoms with Gasteiger partial charge in [0.05, 0.1) is 7.11 Å². The Labute approximate surface area is 116 Å². The van der Waals surface area contributed by atoms with Crippen LogP contribution in [0.2, 0.25) is 0 Å². The van der Waals surface area contributed by atoms with E-state index in [1.165, 1.54) is 31.5 Å². The van der Waals surface area contributed by atoms with Crippen LogP contribution in [-0.2, 0) is 6.54 Å². The van der Waals surface area contributed by atoms with Crippen LogP contribution in [0.3, 0.4) is 0 Å². The smallest absolute Gasteiger partial charge is 0.160 e. The van der Waals surface area contributed by atoms with Crippen molar-refractivity contribution in [2.75, 3.05) is 20.2 Å². The van der Waals surface area contributed by atoms with Crippen LogP contribution in [0, 0.1) is 11.8 Å². The largest absolute Gasteiger partial charge is 0.504 e. The minimum atomic E-state index is 0.213. The summed E-state index contributed by atoms with van der Waals surface area (Å²) in [6.07, 6.45) is 2.60. The van der Waals surface area contributed by atoms with Gasteiger partial charge in [-0.05, 0) is 55.5 Å². The van der Waals surface area contributed by atoms with Crippen LogP contribution in [0.1, 0.15) is 32.3 Å². The van der Waals surface area contributed by atoms with E-state index in [-0.39, 0.29) is 5.75 Å². The maximum absolute atomic E-state index is 9.60. The molecule has 1 aliphatic rings. The molecule has 1 aliphatic heterocycles. The Bertz CT molecular complexity index is 409. The van der Waals surface area contributed by atoms with Crippen LogP contribution in [0.15, 0.2) is 18.2 Å². The second kappa shape index (κ2) is 6.29. The zero-order valence-electron chi connectivity index (χ0n) is 12.2. The molecule has 0 spiro atoms. The van der Waals surface area contributed by atoms with Crippen LogP contribution in [0.4, 0.5) is 0 Å². The SMILES string of the molecule is COc1cc(CN2CCC(C(C)C)CC2)ccc1O. The van der Waals surface area contributed by atoms with Crippen LogP contribution in [0.5, 0.6) is 11.5 Å². The lowest BCUT2D eigenvalue weighted by Gasteiger charge is -2.33. The van der Waals surface area contributed by atoms with E-state index in [0.29, 0.717) is 5.75 Å².